The second-order valence-corrected chi connectivity index (χ2v) is 9.40. The lowest BCUT2D eigenvalue weighted by Gasteiger charge is -2.26. The molecule has 1 heterocycles. The number of nitrogens with zero attached hydrogens (tertiary/aromatic N) is 2. The van der Waals surface area contributed by atoms with Gasteiger partial charge in [-0.3, -0.25) is 0 Å². The molecule has 0 amide bonds. The highest BCUT2D eigenvalue weighted by molar-refractivity contribution is 6.10. The Bertz CT molecular complexity index is 1590. The molecule has 0 unspecified atom stereocenters. The van der Waals surface area contributed by atoms with Crippen molar-refractivity contribution in [1.29, 1.82) is 0 Å². The molecule has 2 nitrogen and oxygen atoms in total. The minimum Gasteiger partial charge on any atom is -0.310 e. The standard InChI is InChI=1S/C33H28N2/c1-23-8-14-26(15-9-23)34(27-16-10-24(2)11-17-27)29-20-21-33-31(22-29)30-6-4-5-7-32(30)35(33)28-18-12-25(3)13-19-28/h4-22H,1-3H3. The average Bonchev–Trinajstić information content (AvgIpc) is 3.21. The summed E-state index contributed by atoms with van der Waals surface area (Å²) in [7, 11) is 0. The van der Waals surface area contributed by atoms with E-state index in [1.165, 1.54) is 44.2 Å². The topological polar surface area (TPSA) is 8.17 Å². The molecule has 5 aromatic carbocycles. The number of aromatic nitrogens is 1. The van der Waals surface area contributed by atoms with Crippen molar-refractivity contribution in [3.05, 3.63) is 132 Å². The summed E-state index contributed by atoms with van der Waals surface area (Å²) in [6.07, 6.45) is 0. The van der Waals surface area contributed by atoms with Crippen LogP contribution < -0.4 is 4.90 Å². The number of aryl methyl sites for hydroxylation is 3. The van der Waals surface area contributed by atoms with Gasteiger partial charge in [-0.15, -0.1) is 0 Å². The molecule has 0 N–H and O–H groups in total. The van der Waals surface area contributed by atoms with E-state index in [4.69, 9.17) is 0 Å². The summed E-state index contributed by atoms with van der Waals surface area (Å²) >= 11 is 0. The Morgan fingerprint density at radius 2 is 0.943 bits per heavy atom. The molecule has 0 bridgehead atoms. The van der Waals surface area contributed by atoms with Crippen LogP contribution in [0.4, 0.5) is 17.1 Å². The Hall–Kier alpha value is -4.30. The van der Waals surface area contributed by atoms with Gasteiger partial charge in [0.15, 0.2) is 0 Å². The number of para-hydroxylation sites is 1. The third kappa shape index (κ3) is 3.77. The summed E-state index contributed by atoms with van der Waals surface area (Å²) in [4.78, 5) is 2.34. The molecule has 0 aliphatic heterocycles. The van der Waals surface area contributed by atoms with Crippen LogP contribution in [0.25, 0.3) is 27.5 Å². The van der Waals surface area contributed by atoms with E-state index < -0.39 is 0 Å². The number of rotatable bonds is 4. The highest BCUT2D eigenvalue weighted by Crippen LogP contribution is 2.39. The maximum absolute atomic E-state index is 2.37. The van der Waals surface area contributed by atoms with Gasteiger partial charge in [-0.25, -0.2) is 0 Å². The lowest BCUT2D eigenvalue weighted by atomic mass is 10.1. The van der Waals surface area contributed by atoms with Gasteiger partial charge in [0.25, 0.3) is 0 Å². The molecule has 6 rings (SSSR count). The lowest BCUT2D eigenvalue weighted by Crippen LogP contribution is -2.09. The molecule has 0 fully saturated rings. The normalized spacial score (nSPS) is 11.3. The molecule has 0 atom stereocenters. The van der Waals surface area contributed by atoms with Crippen molar-refractivity contribution >= 4 is 38.9 Å². The molecule has 0 saturated heterocycles. The molecule has 0 aliphatic rings. The van der Waals surface area contributed by atoms with Crippen molar-refractivity contribution in [2.75, 3.05) is 4.90 Å². The van der Waals surface area contributed by atoms with Gasteiger partial charge in [-0.05, 0) is 81.4 Å². The SMILES string of the molecule is Cc1ccc(N(c2ccc(C)cc2)c2ccc3c(c2)c2ccccc2n3-c2ccc(C)cc2)cc1. The van der Waals surface area contributed by atoms with Gasteiger partial charge in [0.1, 0.15) is 0 Å². The maximum atomic E-state index is 2.37. The number of benzene rings is 5. The Kier molecular flexibility index (Phi) is 5.15. The lowest BCUT2D eigenvalue weighted by molar-refractivity contribution is 1.17. The summed E-state index contributed by atoms with van der Waals surface area (Å²) in [5.74, 6) is 0. The predicted octanol–water partition coefficient (Wildman–Crippen LogP) is 9.18. The summed E-state index contributed by atoms with van der Waals surface area (Å²) in [6.45, 7) is 6.39. The van der Waals surface area contributed by atoms with Gasteiger partial charge in [0.05, 0.1) is 11.0 Å². The fourth-order valence-corrected chi connectivity index (χ4v) is 4.91. The molecule has 35 heavy (non-hydrogen) atoms. The minimum absolute atomic E-state index is 1.15. The van der Waals surface area contributed by atoms with Crippen molar-refractivity contribution in [3.63, 3.8) is 0 Å². The van der Waals surface area contributed by atoms with Gasteiger partial charge in [0.2, 0.25) is 0 Å². The molecular weight excluding hydrogens is 424 g/mol. The van der Waals surface area contributed by atoms with Crippen LogP contribution in [0.2, 0.25) is 0 Å². The fourth-order valence-electron chi connectivity index (χ4n) is 4.91. The monoisotopic (exact) mass is 452 g/mol. The predicted molar refractivity (Wildman–Crippen MR) is 150 cm³/mol. The Morgan fingerprint density at radius 1 is 0.457 bits per heavy atom. The first-order chi connectivity index (χ1) is 17.1. The highest BCUT2D eigenvalue weighted by Gasteiger charge is 2.17. The van der Waals surface area contributed by atoms with Crippen LogP contribution in [0.3, 0.4) is 0 Å². The van der Waals surface area contributed by atoms with Crippen molar-refractivity contribution in [1.82, 2.24) is 4.57 Å². The highest BCUT2D eigenvalue weighted by atomic mass is 15.1. The maximum Gasteiger partial charge on any atom is 0.0542 e. The van der Waals surface area contributed by atoms with E-state index in [9.17, 15) is 0 Å². The van der Waals surface area contributed by atoms with Gasteiger partial charge in [0, 0.05) is 33.5 Å². The zero-order valence-corrected chi connectivity index (χ0v) is 20.4. The Morgan fingerprint density at radius 3 is 1.54 bits per heavy atom. The van der Waals surface area contributed by atoms with E-state index in [-0.39, 0.29) is 0 Å². The molecule has 0 aliphatic carbocycles. The van der Waals surface area contributed by atoms with E-state index in [1.807, 2.05) is 0 Å². The van der Waals surface area contributed by atoms with Gasteiger partial charge in [-0.1, -0.05) is 71.3 Å². The van der Waals surface area contributed by atoms with Crippen LogP contribution in [0.5, 0.6) is 0 Å². The molecular formula is C33H28N2. The molecule has 1 aromatic heterocycles. The molecule has 2 heteroatoms. The smallest absolute Gasteiger partial charge is 0.0542 e. The molecule has 0 spiro atoms. The van der Waals surface area contributed by atoms with E-state index in [0.717, 1.165) is 17.1 Å². The second kappa shape index (κ2) is 8.48. The number of hydrogen-bond acceptors (Lipinski definition) is 1. The van der Waals surface area contributed by atoms with E-state index >= 15 is 0 Å². The van der Waals surface area contributed by atoms with Crippen molar-refractivity contribution in [2.24, 2.45) is 0 Å². The summed E-state index contributed by atoms with van der Waals surface area (Å²) in [6, 6.07) is 41.8. The van der Waals surface area contributed by atoms with Crippen LogP contribution in [0.1, 0.15) is 16.7 Å². The Labute approximate surface area is 206 Å². The first-order valence-electron chi connectivity index (χ1n) is 12.1. The van der Waals surface area contributed by atoms with Gasteiger partial charge < -0.3 is 9.47 Å². The third-order valence-corrected chi connectivity index (χ3v) is 6.79. The zero-order chi connectivity index (χ0) is 23.9. The summed E-state index contributed by atoms with van der Waals surface area (Å²) in [5.41, 5.74) is 10.9. The van der Waals surface area contributed by atoms with Crippen molar-refractivity contribution in [2.45, 2.75) is 20.8 Å². The van der Waals surface area contributed by atoms with Crippen molar-refractivity contribution < 1.29 is 0 Å². The molecule has 0 radical (unpaired) electrons. The van der Waals surface area contributed by atoms with Crippen LogP contribution in [0.15, 0.2) is 115 Å². The fraction of sp³-hybridized carbons (Fsp3) is 0.0909. The quantitative estimate of drug-likeness (QED) is 0.259. The number of anilines is 3. The summed E-state index contributed by atoms with van der Waals surface area (Å²) in [5, 5.41) is 2.51. The largest absolute Gasteiger partial charge is 0.310 e. The van der Waals surface area contributed by atoms with Crippen LogP contribution in [0, 0.1) is 20.8 Å². The van der Waals surface area contributed by atoms with Crippen molar-refractivity contribution in [3.8, 4) is 5.69 Å². The van der Waals surface area contributed by atoms with E-state index in [1.54, 1.807) is 0 Å². The van der Waals surface area contributed by atoms with Crippen LogP contribution >= 0.6 is 0 Å². The Balaban J connectivity index is 1.59. The third-order valence-electron chi connectivity index (χ3n) is 6.79. The first-order valence-corrected chi connectivity index (χ1v) is 12.1. The van der Waals surface area contributed by atoms with Gasteiger partial charge in [-0.2, -0.15) is 0 Å². The number of fused-ring (bicyclic) bond motifs is 3. The first kappa shape index (κ1) is 21.2. The van der Waals surface area contributed by atoms with E-state index in [2.05, 4.69) is 145 Å². The summed E-state index contributed by atoms with van der Waals surface area (Å²) < 4.78 is 2.37. The molecule has 6 aromatic rings. The van der Waals surface area contributed by atoms with Crippen LogP contribution in [-0.4, -0.2) is 4.57 Å². The second-order valence-electron chi connectivity index (χ2n) is 9.40. The number of hydrogen-bond donors (Lipinski definition) is 0. The average molecular weight is 453 g/mol. The molecule has 170 valence electrons. The van der Waals surface area contributed by atoms with Gasteiger partial charge >= 0.3 is 0 Å². The van der Waals surface area contributed by atoms with Crippen LogP contribution in [-0.2, 0) is 0 Å². The van der Waals surface area contributed by atoms with E-state index in [0.29, 0.717) is 0 Å². The zero-order valence-electron chi connectivity index (χ0n) is 20.4. The molecule has 0 saturated carbocycles. The minimum atomic E-state index is 1.15.